The van der Waals surface area contributed by atoms with Crippen LogP contribution in [0.15, 0.2) is 54.7 Å². The van der Waals surface area contributed by atoms with E-state index in [1.54, 1.807) is 6.92 Å². The molecule has 0 spiro atoms. The van der Waals surface area contributed by atoms with Gasteiger partial charge in [-0.1, -0.05) is 30.3 Å². The average molecular weight is 352 g/mol. The Balaban J connectivity index is 1.70. The highest BCUT2D eigenvalue weighted by atomic mass is 16.5. The van der Waals surface area contributed by atoms with Gasteiger partial charge in [-0.2, -0.15) is 0 Å². The first-order chi connectivity index (χ1) is 12.7. The van der Waals surface area contributed by atoms with Crippen LogP contribution >= 0.6 is 0 Å². The fraction of sp³-hybridized carbons (Fsp3) is 0.286. The largest absolute Gasteiger partial charge is 0.489 e. The van der Waals surface area contributed by atoms with E-state index in [0.717, 1.165) is 28.6 Å². The Bertz CT molecular complexity index is 872. The SMILES string of the molecule is CCOC(=O)NCCc1cn(C)c2ccc(OCc3ccccc3)cc12. The number of rotatable bonds is 7. The number of carbonyl (C=O) groups is 1. The predicted octanol–water partition coefficient (Wildman–Crippen LogP) is 4.05. The third-order valence-electron chi connectivity index (χ3n) is 4.23. The second kappa shape index (κ2) is 8.43. The van der Waals surface area contributed by atoms with E-state index in [4.69, 9.17) is 9.47 Å². The molecule has 0 aliphatic carbocycles. The zero-order valence-electron chi connectivity index (χ0n) is 15.2. The molecule has 0 fully saturated rings. The lowest BCUT2D eigenvalue weighted by atomic mass is 10.1. The number of nitrogens with one attached hydrogen (secondary N) is 1. The van der Waals surface area contributed by atoms with Crippen LogP contribution < -0.4 is 10.1 Å². The molecule has 0 aliphatic rings. The minimum atomic E-state index is -0.375. The Morgan fingerprint density at radius 3 is 2.73 bits per heavy atom. The summed E-state index contributed by atoms with van der Waals surface area (Å²) in [6, 6.07) is 16.2. The first-order valence-electron chi connectivity index (χ1n) is 8.82. The van der Waals surface area contributed by atoms with E-state index in [1.807, 2.05) is 43.4 Å². The molecule has 0 unspecified atom stereocenters. The van der Waals surface area contributed by atoms with Crippen molar-refractivity contribution in [1.82, 2.24) is 9.88 Å². The maximum atomic E-state index is 11.4. The van der Waals surface area contributed by atoms with Crippen LogP contribution in [0, 0.1) is 0 Å². The molecule has 5 nitrogen and oxygen atoms in total. The van der Waals surface area contributed by atoms with Gasteiger partial charge in [0.15, 0.2) is 0 Å². The molecule has 0 bridgehead atoms. The summed E-state index contributed by atoms with van der Waals surface area (Å²) in [5, 5.41) is 3.91. The first-order valence-corrected chi connectivity index (χ1v) is 8.82. The topological polar surface area (TPSA) is 52.5 Å². The highest BCUT2D eigenvalue weighted by Gasteiger charge is 2.09. The Kier molecular flexibility index (Phi) is 5.79. The standard InChI is InChI=1S/C21H24N2O3/c1-3-25-21(24)22-12-11-17-14-23(2)20-10-9-18(13-19(17)20)26-15-16-7-5-4-6-8-16/h4-10,13-14H,3,11-12,15H2,1-2H3,(H,22,24). The Morgan fingerprint density at radius 2 is 1.96 bits per heavy atom. The lowest BCUT2D eigenvalue weighted by Gasteiger charge is -2.08. The summed E-state index contributed by atoms with van der Waals surface area (Å²) in [6.45, 7) is 3.25. The number of amides is 1. The van der Waals surface area contributed by atoms with Crippen molar-refractivity contribution in [3.63, 3.8) is 0 Å². The summed E-state index contributed by atoms with van der Waals surface area (Å²) in [7, 11) is 2.02. The van der Waals surface area contributed by atoms with Crippen molar-refractivity contribution < 1.29 is 14.3 Å². The maximum Gasteiger partial charge on any atom is 0.407 e. The van der Waals surface area contributed by atoms with E-state index in [0.29, 0.717) is 19.8 Å². The number of benzene rings is 2. The van der Waals surface area contributed by atoms with Gasteiger partial charge >= 0.3 is 6.09 Å². The second-order valence-corrected chi connectivity index (χ2v) is 6.12. The van der Waals surface area contributed by atoms with Gasteiger partial charge in [0.1, 0.15) is 12.4 Å². The monoisotopic (exact) mass is 352 g/mol. The molecule has 1 aromatic heterocycles. The van der Waals surface area contributed by atoms with E-state index in [1.165, 1.54) is 5.56 Å². The molecular weight excluding hydrogens is 328 g/mol. The van der Waals surface area contributed by atoms with Gasteiger partial charge in [-0.05, 0) is 42.7 Å². The zero-order valence-corrected chi connectivity index (χ0v) is 15.2. The van der Waals surface area contributed by atoms with Crippen molar-refractivity contribution >= 4 is 17.0 Å². The molecule has 1 N–H and O–H groups in total. The van der Waals surface area contributed by atoms with Crippen molar-refractivity contribution in [3.05, 3.63) is 65.9 Å². The molecule has 3 rings (SSSR count). The van der Waals surface area contributed by atoms with Crippen LogP contribution in [0.4, 0.5) is 4.79 Å². The third kappa shape index (κ3) is 4.36. The van der Waals surface area contributed by atoms with Crippen molar-refractivity contribution in [2.24, 2.45) is 7.05 Å². The molecule has 2 aromatic carbocycles. The number of nitrogens with zero attached hydrogens (tertiary/aromatic N) is 1. The van der Waals surface area contributed by atoms with E-state index in [-0.39, 0.29) is 6.09 Å². The maximum absolute atomic E-state index is 11.4. The minimum absolute atomic E-state index is 0.375. The van der Waals surface area contributed by atoms with Gasteiger partial charge < -0.3 is 19.4 Å². The number of fused-ring (bicyclic) bond motifs is 1. The fourth-order valence-electron chi connectivity index (χ4n) is 2.96. The van der Waals surface area contributed by atoms with Gasteiger partial charge in [0, 0.05) is 30.7 Å². The summed E-state index contributed by atoms with van der Waals surface area (Å²) < 4.78 is 12.9. The number of aromatic nitrogens is 1. The van der Waals surface area contributed by atoms with Gasteiger partial charge in [-0.15, -0.1) is 0 Å². The lowest BCUT2D eigenvalue weighted by Crippen LogP contribution is -2.26. The number of ether oxygens (including phenoxy) is 2. The number of alkyl carbamates (subject to hydrolysis) is 1. The van der Waals surface area contributed by atoms with Crippen molar-refractivity contribution in [2.75, 3.05) is 13.2 Å². The molecule has 3 aromatic rings. The molecule has 0 saturated heterocycles. The van der Waals surface area contributed by atoms with E-state index in [9.17, 15) is 4.79 Å². The Labute approximate surface area is 153 Å². The van der Waals surface area contributed by atoms with E-state index in [2.05, 4.69) is 28.2 Å². The van der Waals surface area contributed by atoms with Gasteiger partial charge in [0.2, 0.25) is 0 Å². The molecule has 0 radical (unpaired) electrons. The van der Waals surface area contributed by atoms with Crippen LogP contribution in [-0.2, 0) is 24.8 Å². The first kappa shape index (κ1) is 17.9. The van der Waals surface area contributed by atoms with Gasteiger partial charge in [-0.25, -0.2) is 4.79 Å². The molecule has 5 heteroatoms. The number of carbonyl (C=O) groups excluding carboxylic acids is 1. The molecule has 26 heavy (non-hydrogen) atoms. The molecule has 0 saturated carbocycles. The second-order valence-electron chi connectivity index (χ2n) is 6.12. The molecule has 0 atom stereocenters. The fourth-order valence-corrected chi connectivity index (χ4v) is 2.96. The van der Waals surface area contributed by atoms with Gasteiger partial charge in [0.05, 0.1) is 6.61 Å². The highest BCUT2D eigenvalue weighted by Crippen LogP contribution is 2.26. The molecule has 136 valence electrons. The van der Waals surface area contributed by atoms with E-state index < -0.39 is 0 Å². The Hall–Kier alpha value is -2.95. The summed E-state index contributed by atoms with van der Waals surface area (Å²) in [5.41, 5.74) is 3.45. The van der Waals surface area contributed by atoms with Crippen molar-refractivity contribution in [1.29, 1.82) is 0 Å². The Morgan fingerprint density at radius 1 is 1.15 bits per heavy atom. The van der Waals surface area contributed by atoms with Crippen LogP contribution in [0.3, 0.4) is 0 Å². The minimum Gasteiger partial charge on any atom is -0.489 e. The highest BCUT2D eigenvalue weighted by molar-refractivity contribution is 5.85. The van der Waals surface area contributed by atoms with Crippen LogP contribution in [0.2, 0.25) is 0 Å². The summed E-state index contributed by atoms with van der Waals surface area (Å²) in [6.07, 6.45) is 2.45. The third-order valence-corrected chi connectivity index (χ3v) is 4.23. The van der Waals surface area contributed by atoms with E-state index >= 15 is 0 Å². The molecule has 1 amide bonds. The molecular formula is C21H24N2O3. The summed E-state index contributed by atoms with van der Waals surface area (Å²) >= 11 is 0. The van der Waals surface area contributed by atoms with Gasteiger partial charge in [0.25, 0.3) is 0 Å². The molecule has 1 heterocycles. The van der Waals surface area contributed by atoms with Crippen LogP contribution in [0.25, 0.3) is 10.9 Å². The van der Waals surface area contributed by atoms with Crippen molar-refractivity contribution in [3.8, 4) is 5.75 Å². The predicted molar refractivity (Wildman–Crippen MR) is 102 cm³/mol. The molecule has 0 aliphatic heterocycles. The normalized spacial score (nSPS) is 10.7. The number of hydrogen-bond donors (Lipinski definition) is 1. The van der Waals surface area contributed by atoms with Gasteiger partial charge in [-0.3, -0.25) is 0 Å². The quantitative estimate of drug-likeness (QED) is 0.698. The summed E-state index contributed by atoms with van der Waals surface area (Å²) in [5.74, 6) is 0.840. The summed E-state index contributed by atoms with van der Waals surface area (Å²) in [4.78, 5) is 11.4. The zero-order chi connectivity index (χ0) is 18.4. The van der Waals surface area contributed by atoms with Crippen LogP contribution in [0.1, 0.15) is 18.1 Å². The smallest absolute Gasteiger partial charge is 0.407 e. The number of hydrogen-bond acceptors (Lipinski definition) is 3. The van der Waals surface area contributed by atoms with Crippen LogP contribution in [0.5, 0.6) is 5.75 Å². The van der Waals surface area contributed by atoms with Crippen LogP contribution in [-0.4, -0.2) is 23.8 Å². The lowest BCUT2D eigenvalue weighted by molar-refractivity contribution is 0.152. The number of aryl methyl sites for hydroxylation is 1. The average Bonchev–Trinajstić information content (AvgIpc) is 2.96. The van der Waals surface area contributed by atoms with Crippen molar-refractivity contribution in [2.45, 2.75) is 20.0 Å².